The van der Waals surface area contributed by atoms with E-state index in [0.717, 1.165) is 17.7 Å². The maximum Gasteiger partial charge on any atom is 0.416 e. The molecule has 13 heteroatoms. The lowest BCUT2D eigenvalue weighted by Gasteiger charge is -2.32. The number of aliphatic hydroxyl groups is 1. The Bertz CT molecular complexity index is 1460. The van der Waals surface area contributed by atoms with Crippen molar-refractivity contribution in [2.75, 3.05) is 30.0 Å². The molecule has 0 aliphatic carbocycles. The molecule has 226 valence electrons. The quantitative estimate of drug-likeness (QED) is 0.280. The highest BCUT2D eigenvalue weighted by Crippen LogP contribution is 2.42. The Morgan fingerprint density at radius 1 is 0.976 bits per heavy atom. The fraction of sp³-hybridized carbons (Fsp3) is 0.379. The lowest BCUT2D eigenvalue weighted by atomic mass is 9.81. The molecule has 1 amide bonds. The maximum absolute atomic E-state index is 13.9. The zero-order valence-corrected chi connectivity index (χ0v) is 24.3. The molecule has 2 aromatic carbocycles. The minimum absolute atomic E-state index is 0.0215. The molecule has 0 bridgehead atoms. The number of aliphatic hydroxyl groups excluding tert-OH is 1. The van der Waals surface area contributed by atoms with Crippen LogP contribution in [0.2, 0.25) is 10.0 Å². The minimum atomic E-state index is -5.07. The summed E-state index contributed by atoms with van der Waals surface area (Å²) in [5, 5.41) is 10.4. The molecule has 3 aromatic rings. The van der Waals surface area contributed by atoms with E-state index in [2.05, 4.69) is 4.98 Å². The molecule has 0 spiro atoms. The molecule has 1 fully saturated rings. The van der Waals surface area contributed by atoms with Crippen LogP contribution >= 0.6 is 23.2 Å². The van der Waals surface area contributed by atoms with Crippen molar-refractivity contribution in [3.05, 3.63) is 75.4 Å². The zero-order valence-electron chi connectivity index (χ0n) is 22.7. The minimum Gasteiger partial charge on any atom is -0.394 e. The number of benzene rings is 2. The maximum atomic E-state index is 13.9. The molecular formula is C29H27Cl2F6N3O2. The van der Waals surface area contributed by atoms with Crippen LogP contribution in [0.1, 0.15) is 43.4 Å². The zero-order chi connectivity index (χ0) is 31.2. The van der Waals surface area contributed by atoms with E-state index in [-0.39, 0.29) is 29.4 Å². The van der Waals surface area contributed by atoms with Crippen LogP contribution < -0.4 is 9.80 Å². The van der Waals surface area contributed by atoms with Gasteiger partial charge in [0, 0.05) is 34.8 Å². The van der Waals surface area contributed by atoms with E-state index >= 15 is 0 Å². The molecule has 0 saturated carbocycles. The number of carbonyl (C=O) groups is 1. The lowest BCUT2D eigenvalue weighted by molar-refractivity contribution is -0.143. The van der Waals surface area contributed by atoms with E-state index in [1.165, 1.54) is 27.1 Å². The van der Waals surface area contributed by atoms with Crippen molar-refractivity contribution >= 4 is 40.6 Å². The van der Waals surface area contributed by atoms with Crippen LogP contribution in [0.4, 0.5) is 37.8 Å². The number of hydrogen-bond acceptors (Lipinski definition) is 4. The molecule has 0 radical (unpaired) electrons. The van der Waals surface area contributed by atoms with Gasteiger partial charge < -0.3 is 14.9 Å². The first kappa shape index (κ1) is 31.9. The Hall–Kier alpha value is -3.02. The number of rotatable bonds is 6. The first-order chi connectivity index (χ1) is 19.4. The van der Waals surface area contributed by atoms with Crippen LogP contribution in [0.15, 0.2) is 48.7 Å². The largest absolute Gasteiger partial charge is 0.416 e. The van der Waals surface area contributed by atoms with Gasteiger partial charge in [-0.15, -0.1) is 0 Å². The predicted octanol–water partition coefficient (Wildman–Crippen LogP) is 7.99. The van der Waals surface area contributed by atoms with Crippen LogP contribution in [0.25, 0.3) is 11.1 Å². The highest BCUT2D eigenvalue weighted by molar-refractivity contribution is 6.35. The Morgan fingerprint density at radius 3 is 2.14 bits per heavy atom. The molecule has 1 aliphatic heterocycles. The monoisotopic (exact) mass is 633 g/mol. The topological polar surface area (TPSA) is 56.7 Å². The fourth-order valence-corrected chi connectivity index (χ4v) is 5.47. The van der Waals surface area contributed by atoms with E-state index in [1.807, 2.05) is 4.90 Å². The molecule has 2 heterocycles. The van der Waals surface area contributed by atoms with Crippen LogP contribution in [0, 0.1) is 0 Å². The summed E-state index contributed by atoms with van der Waals surface area (Å²) in [6.07, 6.45) is -7.18. The fourth-order valence-electron chi connectivity index (χ4n) is 5.08. The van der Waals surface area contributed by atoms with Gasteiger partial charge in [0.05, 0.1) is 41.1 Å². The summed E-state index contributed by atoms with van der Waals surface area (Å²) >= 11 is 12.8. The van der Waals surface area contributed by atoms with E-state index in [4.69, 9.17) is 23.2 Å². The molecule has 1 aromatic heterocycles. The number of halogens is 8. The lowest BCUT2D eigenvalue weighted by Crippen LogP contribution is -2.42. The second kappa shape index (κ2) is 11.6. The van der Waals surface area contributed by atoms with Crippen molar-refractivity contribution in [1.29, 1.82) is 0 Å². The van der Waals surface area contributed by atoms with Gasteiger partial charge in [0.25, 0.3) is 0 Å². The van der Waals surface area contributed by atoms with Gasteiger partial charge >= 0.3 is 12.4 Å². The van der Waals surface area contributed by atoms with Gasteiger partial charge in [-0.3, -0.25) is 4.79 Å². The van der Waals surface area contributed by atoms with Gasteiger partial charge in [0.2, 0.25) is 5.91 Å². The van der Waals surface area contributed by atoms with Crippen molar-refractivity contribution in [3.63, 3.8) is 0 Å². The third-order valence-corrected chi connectivity index (χ3v) is 8.04. The number of carbonyl (C=O) groups excluding carboxylic acids is 1. The molecule has 1 aliphatic rings. The van der Waals surface area contributed by atoms with Gasteiger partial charge in [0.1, 0.15) is 5.82 Å². The van der Waals surface area contributed by atoms with Crippen LogP contribution in [-0.4, -0.2) is 42.2 Å². The van der Waals surface area contributed by atoms with Crippen molar-refractivity contribution in [3.8, 4) is 11.1 Å². The molecule has 1 saturated heterocycles. The Labute approximate surface area is 248 Å². The second-order valence-corrected chi connectivity index (χ2v) is 11.5. The summed E-state index contributed by atoms with van der Waals surface area (Å²) in [7, 11) is 1.35. The van der Waals surface area contributed by atoms with E-state index in [1.54, 1.807) is 24.3 Å². The Kier molecular flexibility index (Phi) is 8.79. The number of aromatic nitrogens is 1. The first-order valence-electron chi connectivity index (χ1n) is 12.9. The third kappa shape index (κ3) is 6.33. The highest BCUT2D eigenvalue weighted by atomic mass is 35.5. The van der Waals surface area contributed by atoms with Crippen LogP contribution in [0.3, 0.4) is 0 Å². The molecular weight excluding hydrogens is 607 g/mol. The first-order valence-corrected chi connectivity index (χ1v) is 13.6. The second-order valence-electron chi connectivity index (χ2n) is 10.6. The molecule has 4 rings (SSSR count). The molecule has 1 unspecified atom stereocenters. The van der Waals surface area contributed by atoms with Crippen molar-refractivity contribution in [2.45, 2.75) is 50.5 Å². The molecule has 1 atom stereocenters. The number of anilines is 2. The van der Waals surface area contributed by atoms with Gasteiger partial charge in [0.15, 0.2) is 0 Å². The predicted molar refractivity (Wildman–Crippen MR) is 150 cm³/mol. The van der Waals surface area contributed by atoms with Gasteiger partial charge in [-0.05, 0) is 74.7 Å². The van der Waals surface area contributed by atoms with Crippen molar-refractivity contribution in [1.82, 2.24) is 4.98 Å². The van der Waals surface area contributed by atoms with Crippen molar-refractivity contribution < 1.29 is 36.2 Å². The van der Waals surface area contributed by atoms with Crippen molar-refractivity contribution in [2.24, 2.45) is 0 Å². The Morgan fingerprint density at radius 2 is 1.57 bits per heavy atom. The molecule has 42 heavy (non-hydrogen) atoms. The summed E-state index contributed by atoms with van der Waals surface area (Å²) < 4.78 is 81.4. The highest BCUT2D eigenvalue weighted by Gasteiger charge is 2.41. The Balaban J connectivity index is 1.84. The number of hydrogen-bond donors (Lipinski definition) is 1. The summed E-state index contributed by atoms with van der Waals surface area (Å²) in [4.78, 5) is 21.4. The van der Waals surface area contributed by atoms with Crippen LogP contribution in [-0.2, 0) is 22.6 Å². The summed E-state index contributed by atoms with van der Waals surface area (Å²) in [6.45, 7) is 3.04. The number of pyridine rings is 1. The average molecular weight is 634 g/mol. The van der Waals surface area contributed by atoms with Gasteiger partial charge in [-0.2, -0.15) is 26.3 Å². The van der Waals surface area contributed by atoms with E-state index < -0.39 is 40.4 Å². The third-order valence-electron chi connectivity index (χ3n) is 7.48. The molecule has 1 N–H and O–H groups in total. The summed E-state index contributed by atoms with van der Waals surface area (Å²) in [5.74, 6) is -0.299. The number of likely N-dealkylation sites (N-methyl/N-ethyl adjacent to an activating group) is 1. The standard InChI is InChI=1S/C29H27Cl2F6N3O2/c1-27(2,16-9-17(28(32,33)34)11-18(10-16)29(35,36)37)26(42)39(3)24-14-38-25(40-8-4-5-20(40)15-41)13-22(24)21-12-19(30)6-7-23(21)31/h6-7,9-14,20,41H,4-5,8,15H2,1-3H3. The van der Waals surface area contributed by atoms with E-state index in [0.29, 0.717) is 40.6 Å². The molecule has 5 nitrogen and oxygen atoms in total. The van der Waals surface area contributed by atoms with Gasteiger partial charge in [-0.1, -0.05) is 23.2 Å². The SMILES string of the molecule is CN(C(=O)C(C)(C)c1cc(C(F)(F)F)cc(C(F)(F)F)c1)c1cnc(N2CCCC2CO)cc1-c1cc(Cl)ccc1Cl. The number of nitrogens with zero attached hydrogens (tertiary/aromatic N) is 3. The summed E-state index contributed by atoms with van der Waals surface area (Å²) in [6, 6.07) is 7.33. The summed E-state index contributed by atoms with van der Waals surface area (Å²) in [5.41, 5.74) is -4.29. The van der Waals surface area contributed by atoms with Gasteiger partial charge in [-0.25, -0.2) is 4.98 Å². The average Bonchev–Trinajstić information content (AvgIpc) is 3.41. The number of amides is 1. The van der Waals surface area contributed by atoms with Crippen LogP contribution in [0.5, 0.6) is 0 Å². The number of alkyl halides is 6. The smallest absolute Gasteiger partial charge is 0.394 e. The normalized spacial score (nSPS) is 16.2. The van der Waals surface area contributed by atoms with E-state index in [9.17, 15) is 36.2 Å².